The van der Waals surface area contributed by atoms with Gasteiger partial charge in [-0.25, -0.2) is 9.97 Å². The highest BCUT2D eigenvalue weighted by molar-refractivity contribution is 5.94. The van der Waals surface area contributed by atoms with E-state index in [2.05, 4.69) is 15.3 Å². The fourth-order valence-corrected chi connectivity index (χ4v) is 4.07. The van der Waals surface area contributed by atoms with Crippen molar-refractivity contribution in [2.24, 2.45) is 5.92 Å². The Hall–Kier alpha value is -2.47. The Kier molecular flexibility index (Phi) is 4.36. The number of nitrogens with one attached hydrogen (secondary N) is 1. The SMILES string of the molecule is O=C(c1cnc(Nc2ccccc2)nc1)N1[C@@H]2CC[C@H]1CC(CO)C2. The predicted molar refractivity (Wildman–Crippen MR) is 94.5 cm³/mol. The third-order valence-corrected chi connectivity index (χ3v) is 5.25. The van der Waals surface area contributed by atoms with Crippen molar-refractivity contribution in [3.05, 3.63) is 48.3 Å². The first-order valence-electron chi connectivity index (χ1n) is 8.82. The molecule has 6 nitrogen and oxygen atoms in total. The van der Waals surface area contributed by atoms with Crippen LogP contribution in [0, 0.1) is 5.92 Å². The third kappa shape index (κ3) is 3.22. The molecule has 6 heteroatoms. The van der Waals surface area contributed by atoms with Gasteiger partial charge in [0.1, 0.15) is 0 Å². The minimum Gasteiger partial charge on any atom is -0.396 e. The number of carbonyl (C=O) groups excluding carboxylic acids is 1. The summed E-state index contributed by atoms with van der Waals surface area (Å²) >= 11 is 0. The minimum atomic E-state index is 0.00940. The number of hydrogen-bond acceptors (Lipinski definition) is 5. The van der Waals surface area contributed by atoms with Gasteiger partial charge in [-0.1, -0.05) is 18.2 Å². The molecule has 0 radical (unpaired) electrons. The van der Waals surface area contributed by atoms with Gasteiger partial charge in [-0.15, -0.1) is 0 Å². The number of amides is 1. The molecule has 3 heterocycles. The lowest BCUT2D eigenvalue weighted by Gasteiger charge is -2.38. The molecule has 0 spiro atoms. The molecule has 2 aliphatic rings. The summed E-state index contributed by atoms with van der Waals surface area (Å²) in [5.41, 5.74) is 1.43. The Labute approximate surface area is 146 Å². The van der Waals surface area contributed by atoms with Crippen molar-refractivity contribution in [2.75, 3.05) is 11.9 Å². The van der Waals surface area contributed by atoms with Gasteiger partial charge in [-0.3, -0.25) is 4.79 Å². The molecule has 1 unspecified atom stereocenters. The van der Waals surface area contributed by atoms with E-state index >= 15 is 0 Å². The summed E-state index contributed by atoms with van der Waals surface area (Å²) in [6, 6.07) is 10.2. The molecular formula is C19H22N4O2. The molecule has 2 aliphatic heterocycles. The lowest BCUT2D eigenvalue weighted by molar-refractivity contribution is 0.0452. The van der Waals surface area contributed by atoms with Crippen LogP contribution in [0.15, 0.2) is 42.7 Å². The average Bonchev–Trinajstić information content (AvgIpc) is 2.92. The molecule has 25 heavy (non-hydrogen) atoms. The van der Waals surface area contributed by atoms with Gasteiger partial charge in [0.05, 0.1) is 5.56 Å². The van der Waals surface area contributed by atoms with Crippen molar-refractivity contribution < 1.29 is 9.90 Å². The molecule has 1 amide bonds. The minimum absolute atomic E-state index is 0.00940. The van der Waals surface area contributed by atoms with Crippen molar-refractivity contribution in [1.29, 1.82) is 0 Å². The lowest BCUT2D eigenvalue weighted by atomic mass is 9.91. The van der Waals surface area contributed by atoms with Gasteiger partial charge in [-0.2, -0.15) is 0 Å². The van der Waals surface area contributed by atoms with E-state index in [9.17, 15) is 9.90 Å². The molecule has 2 aromatic rings. The number of para-hydroxylation sites is 1. The van der Waals surface area contributed by atoms with Crippen molar-refractivity contribution in [1.82, 2.24) is 14.9 Å². The summed E-state index contributed by atoms with van der Waals surface area (Å²) in [5.74, 6) is 0.815. The highest BCUT2D eigenvalue weighted by Crippen LogP contribution is 2.39. The third-order valence-electron chi connectivity index (χ3n) is 5.25. The first kappa shape index (κ1) is 16.0. The van der Waals surface area contributed by atoms with Gasteiger partial charge in [0.2, 0.25) is 5.95 Å². The number of anilines is 2. The Bertz CT molecular complexity index is 721. The number of nitrogens with zero attached hydrogens (tertiary/aromatic N) is 3. The van der Waals surface area contributed by atoms with Crippen LogP contribution in [0.25, 0.3) is 0 Å². The van der Waals surface area contributed by atoms with Gasteiger partial charge in [0.25, 0.3) is 5.91 Å². The molecule has 0 saturated carbocycles. The monoisotopic (exact) mass is 338 g/mol. The van der Waals surface area contributed by atoms with Crippen LogP contribution in [0.4, 0.5) is 11.6 Å². The van der Waals surface area contributed by atoms with Crippen LogP contribution in [-0.2, 0) is 0 Å². The number of hydrogen-bond donors (Lipinski definition) is 2. The van der Waals surface area contributed by atoms with E-state index in [0.717, 1.165) is 31.4 Å². The van der Waals surface area contributed by atoms with Gasteiger partial charge in [-0.05, 0) is 43.7 Å². The van der Waals surface area contributed by atoms with Crippen molar-refractivity contribution in [3.8, 4) is 0 Å². The second kappa shape index (κ2) is 6.80. The maximum Gasteiger partial charge on any atom is 0.257 e. The van der Waals surface area contributed by atoms with E-state index in [4.69, 9.17) is 0 Å². The quantitative estimate of drug-likeness (QED) is 0.896. The molecule has 4 rings (SSSR count). The summed E-state index contributed by atoms with van der Waals surface area (Å²) in [6.45, 7) is 0.220. The van der Waals surface area contributed by atoms with Gasteiger partial charge in [0, 0.05) is 36.8 Å². The van der Waals surface area contributed by atoms with E-state index in [-0.39, 0.29) is 24.6 Å². The van der Waals surface area contributed by atoms with Crippen LogP contribution in [0.5, 0.6) is 0 Å². The van der Waals surface area contributed by atoms with Gasteiger partial charge >= 0.3 is 0 Å². The van der Waals surface area contributed by atoms with Crippen LogP contribution in [0.3, 0.4) is 0 Å². The molecule has 2 fully saturated rings. The molecule has 0 aliphatic carbocycles. The number of rotatable bonds is 4. The zero-order valence-electron chi connectivity index (χ0n) is 14.0. The zero-order valence-corrected chi connectivity index (χ0v) is 14.0. The lowest BCUT2D eigenvalue weighted by Crippen LogP contribution is -2.47. The van der Waals surface area contributed by atoms with Crippen LogP contribution >= 0.6 is 0 Å². The molecule has 2 saturated heterocycles. The highest BCUT2D eigenvalue weighted by atomic mass is 16.3. The summed E-state index contributed by atoms with van der Waals surface area (Å²) in [4.78, 5) is 23.4. The summed E-state index contributed by atoms with van der Waals surface area (Å²) in [6.07, 6.45) is 7.04. The van der Waals surface area contributed by atoms with E-state index < -0.39 is 0 Å². The topological polar surface area (TPSA) is 78.4 Å². The normalized spacial score (nSPS) is 25.0. The largest absolute Gasteiger partial charge is 0.396 e. The zero-order chi connectivity index (χ0) is 17.2. The van der Waals surface area contributed by atoms with Crippen molar-refractivity contribution in [3.63, 3.8) is 0 Å². The summed E-state index contributed by atoms with van der Waals surface area (Å²) in [5, 5.41) is 12.5. The molecule has 1 aromatic carbocycles. The number of aliphatic hydroxyl groups excluding tert-OH is 1. The molecule has 2 bridgehead atoms. The molecule has 1 aromatic heterocycles. The number of fused-ring (bicyclic) bond motifs is 2. The van der Waals surface area contributed by atoms with E-state index in [1.54, 1.807) is 12.4 Å². The van der Waals surface area contributed by atoms with Crippen LogP contribution in [-0.4, -0.2) is 44.6 Å². The second-order valence-electron chi connectivity index (χ2n) is 6.90. The maximum atomic E-state index is 12.9. The fourth-order valence-electron chi connectivity index (χ4n) is 4.07. The summed E-state index contributed by atoms with van der Waals surface area (Å²) < 4.78 is 0. The Morgan fingerprint density at radius 2 is 1.76 bits per heavy atom. The Morgan fingerprint density at radius 1 is 1.12 bits per heavy atom. The number of carbonyl (C=O) groups is 1. The number of benzene rings is 1. The molecule has 2 N–H and O–H groups in total. The molecule has 130 valence electrons. The first-order chi connectivity index (χ1) is 12.2. The number of aromatic nitrogens is 2. The van der Waals surface area contributed by atoms with Crippen LogP contribution in [0.1, 0.15) is 36.0 Å². The molecular weight excluding hydrogens is 316 g/mol. The number of piperidine rings is 1. The van der Waals surface area contributed by atoms with Gasteiger partial charge < -0.3 is 15.3 Å². The Morgan fingerprint density at radius 3 is 2.36 bits per heavy atom. The smallest absolute Gasteiger partial charge is 0.257 e. The van der Waals surface area contributed by atoms with Crippen molar-refractivity contribution >= 4 is 17.5 Å². The van der Waals surface area contributed by atoms with Crippen molar-refractivity contribution in [2.45, 2.75) is 37.8 Å². The highest BCUT2D eigenvalue weighted by Gasteiger charge is 2.43. The van der Waals surface area contributed by atoms with E-state index in [0.29, 0.717) is 17.4 Å². The fraction of sp³-hybridized carbons (Fsp3) is 0.421. The number of aliphatic hydroxyl groups is 1. The van der Waals surface area contributed by atoms with Gasteiger partial charge in [0.15, 0.2) is 0 Å². The summed E-state index contributed by atoms with van der Waals surface area (Å²) in [7, 11) is 0. The average molecular weight is 338 g/mol. The molecule has 3 atom stereocenters. The van der Waals surface area contributed by atoms with E-state index in [1.807, 2.05) is 35.2 Å². The predicted octanol–water partition coefficient (Wildman–Crippen LogP) is 2.60. The standard InChI is InChI=1S/C19H22N4O2/c24-12-13-8-16-6-7-17(9-13)23(16)18(25)14-10-20-19(21-11-14)22-15-4-2-1-3-5-15/h1-5,10-11,13,16-17,24H,6-9,12H2,(H,20,21,22)/t13?,16-,17+. The first-order valence-corrected chi connectivity index (χ1v) is 8.82. The Balaban J connectivity index is 1.46. The van der Waals surface area contributed by atoms with Crippen LogP contribution in [0.2, 0.25) is 0 Å². The van der Waals surface area contributed by atoms with E-state index in [1.165, 1.54) is 0 Å². The van der Waals surface area contributed by atoms with Crippen LogP contribution < -0.4 is 5.32 Å². The second-order valence-corrected chi connectivity index (χ2v) is 6.90. The maximum absolute atomic E-state index is 12.9.